The first-order valence-electron chi connectivity index (χ1n) is 7.70. The van der Waals surface area contributed by atoms with Crippen LogP contribution in [0, 0.1) is 0 Å². The zero-order valence-electron chi connectivity index (χ0n) is 13.8. The lowest BCUT2D eigenvalue weighted by Crippen LogP contribution is -2.25. The lowest BCUT2D eigenvalue weighted by Gasteiger charge is -2.14. The molecule has 124 valence electrons. The zero-order valence-corrected chi connectivity index (χ0v) is 14.6. The maximum Gasteiger partial charge on any atom is 0.261 e. The molecule has 1 aromatic heterocycles. The first kappa shape index (κ1) is 17.5. The van der Waals surface area contributed by atoms with Crippen LogP contribution in [0.2, 0.25) is 0 Å². The van der Waals surface area contributed by atoms with E-state index in [1.807, 2.05) is 50.2 Å². The largest absolute Gasteiger partial charge is 0.491 e. The molecule has 0 saturated heterocycles. The van der Waals surface area contributed by atoms with Crippen LogP contribution in [0.15, 0.2) is 36.4 Å². The Kier molecular flexibility index (Phi) is 6.62. The Balaban J connectivity index is 1.88. The highest BCUT2D eigenvalue weighted by molar-refractivity contribution is 7.14. The van der Waals surface area contributed by atoms with E-state index < -0.39 is 0 Å². The van der Waals surface area contributed by atoms with Gasteiger partial charge in [-0.1, -0.05) is 18.2 Å². The molecule has 0 spiro atoms. The quantitative estimate of drug-likeness (QED) is 0.802. The summed E-state index contributed by atoms with van der Waals surface area (Å²) < 4.78 is 10.9. The molecule has 5 heteroatoms. The minimum absolute atomic E-state index is 0.0420. The highest BCUT2D eigenvalue weighted by Crippen LogP contribution is 2.20. The molecule has 0 aliphatic rings. The van der Waals surface area contributed by atoms with Crippen LogP contribution in [0.5, 0.6) is 5.75 Å². The Morgan fingerprint density at radius 2 is 2.00 bits per heavy atom. The van der Waals surface area contributed by atoms with Crippen molar-refractivity contribution in [3.05, 3.63) is 51.7 Å². The van der Waals surface area contributed by atoms with Crippen LogP contribution in [-0.4, -0.2) is 25.7 Å². The van der Waals surface area contributed by atoms with Crippen molar-refractivity contribution in [1.29, 1.82) is 0 Å². The van der Waals surface area contributed by atoms with Gasteiger partial charge in [-0.3, -0.25) is 4.79 Å². The Bertz CT molecular complexity index is 637. The third-order valence-electron chi connectivity index (χ3n) is 3.19. The number of amides is 1. The summed E-state index contributed by atoms with van der Waals surface area (Å²) in [7, 11) is 1.65. The van der Waals surface area contributed by atoms with Crippen LogP contribution in [-0.2, 0) is 17.8 Å². The average molecular weight is 333 g/mol. The SMILES string of the molecule is COCc1ccc(C(=O)NCCc2ccccc2OC(C)C)s1. The number of thiophene rings is 1. The fraction of sp³-hybridized carbons (Fsp3) is 0.389. The van der Waals surface area contributed by atoms with E-state index in [9.17, 15) is 4.79 Å². The molecule has 2 aromatic rings. The van der Waals surface area contributed by atoms with Gasteiger partial charge in [0.2, 0.25) is 0 Å². The molecule has 0 aliphatic carbocycles. The van der Waals surface area contributed by atoms with Crippen molar-refractivity contribution in [3.63, 3.8) is 0 Å². The molecular weight excluding hydrogens is 310 g/mol. The lowest BCUT2D eigenvalue weighted by atomic mass is 10.1. The molecule has 0 radical (unpaired) electrons. The van der Waals surface area contributed by atoms with Crippen LogP contribution >= 0.6 is 11.3 Å². The highest BCUT2D eigenvalue weighted by Gasteiger charge is 2.10. The van der Waals surface area contributed by atoms with E-state index in [0.717, 1.165) is 22.6 Å². The number of rotatable bonds is 8. The fourth-order valence-electron chi connectivity index (χ4n) is 2.20. The smallest absolute Gasteiger partial charge is 0.261 e. The van der Waals surface area contributed by atoms with Crippen molar-refractivity contribution in [3.8, 4) is 5.75 Å². The summed E-state index contributed by atoms with van der Waals surface area (Å²) in [5.74, 6) is 0.842. The van der Waals surface area contributed by atoms with Crippen LogP contribution in [0.4, 0.5) is 0 Å². The van der Waals surface area contributed by atoms with Gasteiger partial charge in [-0.05, 0) is 44.0 Å². The number of hydrogen-bond donors (Lipinski definition) is 1. The van der Waals surface area contributed by atoms with Crippen molar-refractivity contribution >= 4 is 17.2 Å². The number of benzene rings is 1. The van der Waals surface area contributed by atoms with Gasteiger partial charge < -0.3 is 14.8 Å². The number of nitrogens with one attached hydrogen (secondary N) is 1. The van der Waals surface area contributed by atoms with Gasteiger partial charge in [-0.25, -0.2) is 0 Å². The Hall–Kier alpha value is -1.85. The van der Waals surface area contributed by atoms with Crippen LogP contribution in [0.1, 0.15) is 34.0 Å². The summed E-state index contributed by atoms with van der Waals surface area (Å²) in [6.45, 7) is 5.13. The number of methoxy groups -OCH3 is 1. The molecule has 0 unspecified atom stereocenters. The third-order valence-corrected chi connectivity index (χ3v) is 4.24. The molecular formula is C18H23NO3S. The predicted molar refractivity (Wildman–Crippen MR) is 93.3 cm³/mol. The van der Waals surface area contributed by atoms with Gasteiger partial charge in [-0.15, -0.1) is 11.3 Å². The summed E-state index contributed by atoms with van der Waals surface area (Å²) in [6.07, 6.45) is 0.876. The van der Waals surface area contributed by atoms with E-state index in [1.54, 1.807) is 7.11 Å². The second-order valence-corrected chi connectivity index (χ2v) is 6.65. The summed E-state index contributed by atoms with van der Waals surface area (Å²) >= 11 is 1.46. The molecule has 2 rings (SSSR count). The second kappa shape index (κ2) is 8.70. The third kappa shape index (κ3) is 5.37. The summed E-state index contributed by atoms with van der Waals surface area (Å²) in [4.78, 5) is 13.9. The Morgan fingerprint density at radius 3 is 2.74 bits per heavy atom. The maximum absolute atomic E-state index is 12.1. The monoisotopic (exact) mass is 333 g/mol. The van der Waals surface area contributed by atoms with Crippen molar-refractivity contribution in [2.24, 2.45) is 0 Å². The van der Waals surface area contributed by atoms with E-state index >= 15 is 0 Å². The molecule has 0 atom stereocenters. The number of hydrogen-bond acceptors (Lipinski definition) is 4. The standard InChI is InChI=1S/C18H23NO3S/c1-13(2)22-16-7-5-4-6-14(16)10-11-19-18(20)17-9-8-15(23-17)12-21-3/h4-9,13H,10-12H2,1-3H3,(H,19,20). The number of para-hydroxylation sites is 1. The molecule has 4 nitrogen and oxygen atoms in total. The van der Waals surface area contributed by atoms with Crippen LogP contribution in [0.3, 0.4) is 0 Å². The number of carbonyl (C=O) groups excluding carboxylic acids is 1. The van der Waals surface area contributed by atoms with Crippen LogP contribution < -0.4 is 10.1 Å². The van der Waals surface area contributed by atoms with E-state index in [-0.39, 0.29) is 12.0 Å². The molecule has 0 saturated carbocycles. The van der Waals surface area contributed by atoms with Gasteiger partial charge in [0, 0.05) is 18.5 Å². The minimum Gasteiger partial charge on any atom is -0.491 e. The van der Waals surface area contributed by atoms with Crippen molar-refractivity contribution in [2.75, 3.05) is 13.7 Å². The van der Waals surface area contributed by atoms with Crippen molar-refractivity contribution in [1.82, 2.24) is 5.32 Å². The molecule has 0 bridgehead atoms. The fourth-order valence-corrected chi connectivity index (χ4v) is 3.09. The lowest BCUT2D eigenvalue weighted by molar-refractivity contribution is 0.0958. The van der Waals surface area contributed by atoms with Gasteiger partial charge >= 0.3 is 0 Å². The second-order valence-electron chi connectivity index (χ2n) is 5.48. The van der Waals surface area contributed by atoms with Crippen LogP contribution in [0.25, 0.3) is 0 Å². The number of ether oxygens (including phenoxy) is 2. The molecule has 1 heterocycles. The van der Waals surface area contributed by atoms with Crippen molar-refractivity contribution < 1.29 is 14.3 Å². The highest BCUT2D eigenvalue weighted by atomic mass is 32.1. The minimum atomic E-state index is -0.0420. The van der Waals surface area contributed by atoms with Gasteiger partial charge in [0.25, 0.3) is 5.91 Å². The average Bonchev–Trinajstić information content (AvgIpc) is 2.97. The summed E-state index contributed by atoms with van der Waals surface area (Å²) in [5.41, 5.74) is 1.10. The maximum atomic E-state index is 12.1. The Morgan fingerprint density at radius 1 is 1.22 bits per heavy atom. The van der Waals surface area contributed by atoms with E-state index in [1.165, 1.54) is 11.3 Å². The van der Waals surface area contributed by atoms with Gasteiger partial charge in [-0.2, -0.15) is 0 Å². The molecule has 23 heavy (non-hydrogen) atoms. The first-order chi connectivity index (χ1) is 11.1. The summed E-state index contributed by atoms with van der Waals surface area (Å²) in [6, 6.07) is 11.7. The van der Waals surface area contributed by atoms with Gasteiger partial charge in [0.05, 0.1) is 17.6 Å². The van der Waals surface area contributed by atoms with Gasteiger partial charge in [0.1, 0.15) is 5.75 Å². The van der Waals surface area contributed by atoms with Gasteiger partial charge in [0.15, 0.2) is 0 Å². The number of carbonyl (C=O) groups is 1. The van der Waals surface area contributed by atoms with E-state index in [4.69, 9.17) is 9.47 Å². The van der Waals surface area contributed by atoms with E-state index in [0.29, 0.717) is 18.0 Å². The normalized spacial score (nSPS) is 10.8. The summed E-state index contributed by atoms with van der Waals surface area (Å²) in [5, 5.41) is 2.96. The zero-order chi connectivity index (χ0) is 16.7. The molecule has 1 N–H and O–H groups in total. The molecule has 0 aliphatic heterocycles. The first-order valence-corrected chi connectivity index (χ1v) is 8.52. The Labute approximate surface area is 141 Å². The molecule has 1 amide bonds. The van der Waals surface area contributed by atoms with Crippen molar-refractivity contribution in [2.45, 2.75) is 33.0 Å². The topological polar surface area (TPSA) is 47.6 Å². The predicted octanol–water partition coefficient (Wildman–Crippen LogP) is 3.65. The molecule has 1 aromatic carbocycles. The molecule has 0 fully saturated rings. The van der Waals surface area contributed by atoms with E-state index in [2.05, 4.69) is 5.32 Å².